The molecule has 4 rings (SSSR count). The third-order valence-electron chi connectivity index (χ3n) is 5.48. The van der Waals surface area contributed by atoms with Crippen molar-refractivity contribution in [3.05, 3.63) is 35.5 Å². The fraction of sp³-hybridized carbons (Fsp3) is 0.579. The second-order valence-corrected chi connectivity index (χ2v) is 7.38. The Hall–Kier alpha value is -2.12. The Balaban J connectivity index is 1.50. The van der Waals surface area contributed by atoms with E-state index in [1.54, 1.807) is 14.2 Å². The predicted molar refractivity (Wildman–Crippen MR) is 94.3 cm³/mol. The summed E-state index contributed by atoms with van der Waals surface area (Å²) in [5.74, 6) is 3.52. The van der Waals surface area contributed by atoms with Gasteiger partial charge in [-0.3, -0.25) is 4.90 Å². The largest absolute Gasteiger partial charge is 0.497 e. The first-order valence-corrected chi connectivity index (χ1v) is 8.91. The summed E-state index contributed by atoms with van der Waals surface area (Å²) in [6.07, 6.45) is 0.774. The highest BCUT2D eigenvalue weighted by Crippen LogP contribution is 2.44. The van der Waals surface area contributed by atoms with Crippen molar-refractivity contribution in [1.29, 1.82) is 0 Å². The number of hydrogen-bond acceptors (Lipinski definition) is 7. The van der Waals surface area contributed by atoms with Crippen LogP contribution in [-0.2, 0) is 17.7 Å². The maximum atomic E-state index is 5.81. The SMILES string of the molecule is COc1cc(CN2C[C@H]3COC[C@@]3(Cc3nc(C)no3)C2)cc(OC)c1. The summed E-state index contributed by atoms with van der Waals surface area (Å²) in [6.45, 7) is 6.21. The number of nitrogens with zero attached hydrogens (tertiary/aromatic N) is 3. The van der Waals surface area contributed by atoms with Gasteiger partial charge in [-0.2, -0.15) is 4.98 Å². The van der Waals surface area contributed by atoms with E-state index in [4.69, 9.17) is 18.7 Å². The Morgan fingerprint density at radius 1 is 1.23 bits per heavy atom. The number of methoxy groups -OCH3 is 2. The minimum absolute atomic E-state index is 0.0575. The van der Waals surface area contributed by atoms with Crippen LogP contribution in [0.3, 0.4) is 0 Å². The van der Waals surface area contributed by atoms with Gasteiger partial charge >= 0.3 is 0 Å². The highest BCUT2D eigenvalue weighted by Gasteiger charge is 2.51. The summed E-state index contributed by atoms with van der Waals surface area (Å²) in [5.41, 5.74) is 1.24. The molecule has 1 aromatic carbocycles. The zero-order chi connectivity index (χ0) is 18.1. The van der Waals surface area contributed by atoms with E-state index in [1.807, 2.05) is 13.0 Å². The van der Waals surface area contributed by atoms with E-state index < -0.39 is 0 Å². The van der Waals surface area contributed by atoms with Crippen LogP contribution in [0.25, 0.3) is 0 Å². The highest BCUT2D eigenvalue weighted by molar-refractivity contribution is 5.38. The fourth-order valence-corrected chi connectivity index (χ4v) is 4.24. The summed E-state index contributed by atoms with van der Waals surface area (Å²) in [5, 5.41) is 3.93. The van der Waals surface area contributed by atoms with Gasteiger partial charge in [-0.1, -0.05) is 5.16 Å². The molecule has 7 nitrogen and oxygen atoms in total. The number of aryl methyl sites for hydroxylation is 1. The molecule has 0 N–H and O–H groups in total. The number of aromatic nitrogens is 2. The zero-order valence-electron chi connectivity index (χ0n) is 15.5. The van der Waals surface area contributed by atoms with Gasteiger partial charge in [0.2, 0.25) is 5.89 Å². The molecule has 2 saturated heterocycles. The maximum absolute atomic E-state index is 5.81. The fourth-order valence-electron chi connectivity index (χ4n) is 4.24. The van der Waals surface area contributed by atoms with Gasteiger partial charge in [-0.15, -0.1) is 0 Å². The average Bonchev–Trinajstić information content (AvgIpc) is 3.28. The molecule has 26 heavy (non-hydrogen) atoms. The molecule has 0 saturated carbocycles. The predicted octanol–water partition coefficient (Wildman–Crippen LogP) is 2.09. The first kappa shape index (κ1) is 17.3. The molecule has 2 aliphatic heterocycles. The lowest BCUT2D eigenvalue weighted by Gasteiger charge is -2.25. The van der Waals surface area contributed by atoms with Crippen molar-refractivity contribution in [3.8, 4) is 11.5 Å². The number of likely N-dealkylation sites (tertiary alicyclic amines) is 1. The van der Waals surface area contributed by atoms with Gasteiger partial charge in [0.25, 0.3) is 0 Å². The van der Waals surface area contributed by atoms with Gasteiger partial charge in [0, 0.05) is 43.5 Å². The molecule has 140 valence electrons. The van der Waals surface area contributed by atoms with Gasteiger partial charge in [-0.05, 0) is 24.6 Å². The normalized spacial score (nSPS) is 25.4. The molecule has 0 aliphatic carbocycles. The Morgan fingerprint density at radius 2 is 2.00 bits per heavy atom. The molecule has 1 aromatic heterocycles. The quantitative estimate of drug-likeness (QED) is 0.782. The lowest BCUT2D eigenvalue weighted by molar-refractivity contribution is 0.122. The minimum atomic E-state index is 0.0575. The molecule has 0 amide bonds. The lowest BCUT2D eigenvalue weighted by Crippen LogP contribution is -2.33. The van der Waals surface area contributed by atoms with E-state index in [0.717, 1.165) is 50.8 Å². The van der Waals surface area contributed by atoms with Gasteiger partial charge in [-0.25, -0.2) is 0 Å². The monoisotopic (exact) mass is 359 g/mol. The van der Waals surface area contributed by atoms with Crippen LogP contribution in [0.1, 0.15) is 17.3 Å². The third kappa shape index (κ3) is 3.29. The van der Waals surface area contributed by atoms with Crippen molar-refractivity contribution in [3.63, 3.8) is 0 Å². The second kappa shape index (κ2) is 6.89. The van der Waals surface area contributed by atoms with E-state index >= 15 is 0 Å². The Kier molecular flexibility index (Phi) is 4.58. The van der Waals surface area contributed by atoms with Crippen molar-refractivity contribution in [1.82, 2.24) is 15.0 Å². The zero-order valence-corrected chi connectivity index (χ0v) is 15.5. The summed E-state index contributed by atoms with van der Waals surface area (Å²) in [4.78, 5) is 6.88. The molecule has 0 radical (unpaired) electrons. The number of ether oxygens (including phenoxy) is 3. The van der Waals surface area contributed by atoms with E-state index in [0.29, 0.717) is 17.6 Å². The van der Waals surface area contributed by atoms with Gasteiger partial charge in [0.1, 0.15) is 11.5 Å². The molecule has 2 fully saturated rings. The number of benzene rings is 1. The molecule has 0 spiro atoms. The molecule has 0 unspecified atom stereocenters. The number of hydrogen-bond donors (Lipinski definition) is 0. The van der Waals surface area contributed by atoms with Crippen molar-refractivity contribution in [2.75, 3.05) is 40.5 Å². The number of fused-ring (bicyclic) bond motifs is 1. The maximum Gasteiger partial charge on any atom is 0.227 e. The van der Waals surface area contributed by atoms with E-state index in [9.17, 15) is 0 Å². The molecule has 2 aromatic rings. The van der Waals surface area contributed by atoms with Gasteiger partial charge in [0.15, 0.2) is 5.82 Å². The molecule has 0 bridgehead atoms. The second-order valence-electron chi connectivity index (χ2n) is 7.38. The van der Waals surface area contributed by atoms with Crippen LogP contribution in [0.2, 0.25) is 0 Å². The molecular formula is C19H25N3O4. The summed E-state index contributed by atoms with van der Waals surface area (Å²) < 4.78 is 22.0. The first-order chi connectivity index (χ1) is 12.6. The van der Waals surface area contributed by atoms with Crippen LogP contribution in [0, 0.1) is 18.3 Å². The minimum Gasteiger partial charge on any atom is -0.497 e. The summed E-state index contributed by atoms with van der Waals surface area (Å²) in [6, 6.07) is 6.04. The van der Waals surface area contributed by atoms with Crippen molar-refractivity contribution in [2.45, 2.75) is 19.9 Å². The van der Waals surface area contributed by atoms with Crippen LogP contribution < -0.4 is 9.47 Å². The van der Waals surface area contributed by atoms with Crippen LogP contribution in [0.15, 0.2) is 22.7 Å². The molecule has 2 atom stereocenters. The Morgan fingerprint density at radius 3 is 2.65 bits per heavy atom. The third-order valence-corrected chi connectivity index (χ3v) is 5.48. The lowest BCUT2D eigenvalue weighted by atomic mass is 9.78. The van der Waals surface area contributed by atoms with Crippen molar-refractivity contribution >= 4 is 0 Å². The van der Waals surface area contributed by atoms with Crippen molar-refractivity contribution in [2.24, 2.45) is 11.3 Å². The summed E-state index contributed by atoms with van der Waals surface area (Å²) >= 11 is 0. The standard InChI is InChI=1S/C19H25N3O4/c1-13-20-18(26-21-13)7-19-11-22(9-15(19)10-25-12-19)8-14-4-16(23-2)6-17(5-14)24-3/h4-6,15H,7-12H2,1-3H3/t15-,19+/m0/s1. The van der Waals surface area contributed by atoms with Gasteiger partial charge in [0.05, 0.1) is 27.4 Å². The van der Waals surface area contributed by atoms with Crippen LogP contribution >= 0.6 is 0 Å². The molecule has 7 heteroatoms. The topological polar surface area (TPSA) is 69.9 Å². The smallest absolute Gasteiger partial charge is 0.227 e. The highest BCUT2D eigenvalue weighted by atomic mass is 16.5. The molecule has 3 heterocycles. The van der Waals surface area contributed by atoms with E-state index in [-0.39, 0.29) is 5.41 Å². The molecule has 2 aliphatic rings. The first-order valence-electron chi connectivity index (χ1n) is 8.91. The van der Waals surface area contributed by atoms with Crippen LogP contribution in [-0.4, -0.2) is 55.6 Å². The van der Waals surface area contributed by atoms with Crippen LogP contribution in [0.5, 0.6) is 11.5 Å². The van der Waals surface area contributed by atoms with E-state index in [1.165, 1.54) is 5.56 Å². The average molecular weight is 359 g/mol. The summed E-state index contributed by atoms with van der Waals surface area (Å²) in [7, 11) is 3.36. The van der Waals surface area contributed by atoms with Crippen LogP contribution in [0.4, 0.5) is 0 Å². The Labute approximate surface area is 153 Å². The Bertz CT molecular complexity index is 756. The molecular weight excluding hydrogens is 334 g/mol. The van der Waals surface area contributed by atoms with Crippen molar-refractivity contribution < 1.29 is 18.7 Å². The van der Waals surface area contributed by atoms with E-state index in [2.05, 4.69) is 27.2 Å². The number of rotatable bonds is 6. The van der Waals surface area contributed by atoms with Gasteiger partial charge < -0.3 is 18.7 Å².